The van der Waals surface area contributed by atoms with Gasteiger partial charge >= 0.3 is 0 Å². The Kier molecular flexibility index (Phi) is 3.01. The van der Waals surface area contributed by atoms with Gasteiger partial charge in [-0.15, -0.1) is 0 Å². The molecule has 1 rings (SSSR count). The number of anilines is 1. The lowest BCUT2D eigenvalue weighted by atomic mass is 10.0. The molecule has 0 radical (unpaired) electrons. The van der Waals surface area contributed by atoms with E-state index in [1.165, 1.54) is 0 Å². The molecule has 0 bridgehead atoms. The molecule has 3 N–H and O–H groups in total. The third-order valence-corrected chi connectivity index (χ3v) is 2.13. The largest absolute Gasteiger partial charge is 0.372 e. The fourth-order valence-electron chi connectivity index (χ4n) is 0.989. The third kappa shape index (κ3) is 2.64. The molecular weight excluding hydrogens is 200 g/mol. The van der Waals surface area contributed by atoms with Crippen LogP contribution in [0.15, 0.2) is 24.3 Å². The van der Waals surface area contributed by atoms with Crippen molar-refractivity contribution in [3.8, 4) is 0 Å². The maximum Gasteiger partial charge on any atom is 0.242 e. The Morgan fingerprint density at radius 3 is 2.64 bits per heavy atom. The number of halogens is 1. The Morgan fingerprint density at radius 2 is 2.14 bits per heavy atom. The lowest BCUT2D eigenvalue weighted by Crippen LogP contribution is -2.44. The van der Waals surface area contributed by atoms with Gasteiger partial charge < -0.3 is 11.1 Å². The molecule has 0 aromatic heterocycles. The molecule has 0 spiro atoms. The van der Waals surface area contributed by atoms with Crippen LogP contribution < -0.4 is 11.1 Å². The van der Waals surface area contributed by atoms with Crippen LogP contribution in [-0.4, -0.2) is 11.4 Å². The Labute approximate surface area is 88.2 Å². The highest BCUT2D eigenvalue weighted by Crippen LogP contribution is 2.18. The molecular formula is C10H13ClN2O. The predicted octanol–water partition coefficient (Wildman–Crippen LogP) is 2.02. The first-order valence-electron chi connectivity index (χ1n) is 4.25. The van der Waals surface area contributed by atoms with E-state index in [9.17, 15) is 4.79 Å². The van der Waals surface area contributed by atoms with Crippen LogP contribution in [0.4, 0.5) is 5.69 Å². The normalized spacial score (nSPS) is 11.1. The molecule has 0 unspecified atom stereocenters. The quantitative estimate of drug-likeness (QED) is 0.806. The molecule has 0 fully saturated rings. The highest BCUT2D eigenvalue weighted by molar-refractivity contribution is 6.30. The molecule has 0 heterocycles. The molecule has 0 aliphatic heterocycles. The van der Waals surface area contributed by atoms with E-state index < -0.39 is 11.4 Å². The van der Waals surface area contributed by atoms with Crippen molar-refractivity contribution in [1.29, 1.82) is 0 Å². The van der Waals surface area contributed by atoms with Gasteiger partial charge in [-0.1, -0.05) is 17.7 Å². The first kappa shape index (κ1) is 10.9. The maximum absolute atomic E-state index is 11.0. The van der Waals surface area contributed by atoms with E-state index in [0.29, 0.717) is 5.02 Å². The Morgan fingerprint density at radius 1 is 1.50 bits per heavy atom. The SMILES string of the molecule is CC(C)(Nc1cccc(Cl)c1)C(N)=O. The minimum atomic E-state index is -0.773. The van der Waals surface area contributed by atoms with Crippen molar-refractivity contribution in [1.82, 2.24) is 0 Å². The van der Waals surface area contributed by atoms with E-state index in [0.717, 1.165) is 5.69 Å². The van der Waals surface area contributed by atoms with Crippen molar-refractivity contribution in [2.24, 2.45) is 5.73 Å². The zero-order valence-electron chi connectivity index (χ0n) is 8.17. The Hall–Kier alpha value is -1.22. The van der Waals surface area contributed by atoms with Crippen LogP contribution in [-0.2, 0) is 4.79 Å². The molecule has 4 heteroatoms. The summed E-state index contributed by atoms with van der Waals surface area (Å²) in [7, 11) is 0. The molecule has 0 saturated heterocycles. The zero-order chi connectivity index (χ0) is 10.8. The molecule has 3 nitrogen and oxygen atoms in total. The second-order valence-corrected chi connectivity index (χ2v) is 4.06. The van der Waals surface area contributed by atoms with Gasteiger partial charge in [0, 0.05) is 10.7 Å². The Bertz CT molecular complexity index is 350. The Balaban J connectivity index is 2.83. The highest BCUT2D eigenvalue weighted by Gasteiger charge is 2.24. The summed E-state index contributed by atoms with van der Waals surface area (Å²) in [6, 6.07) is 7.15. The van der Waals surface area contributed by atoms with Crippen LogP contribution in [0, 0.1) is 0 Å². The molecule has 1 amide bonds. The summed E-state index contributed by atoms with van der Waals surface area (Å²) in [5, 5.41) is 3.62. The lowest BCUT2D eigenvalue weighted by molar-refractivity contribution is -0.121. The molecule has 1 aromatic rings. The maximum atomic E-state index is 11.0. The van der Waals surface area contributed by atoms with Crippen molar-refractivity contribution in [3.63, 3.8) is 0 Å². The van der Waals surface area contributed by atoms with E-state index in [1.54, 1.807) is 26.0 Å². The van der Waals surface area contributed by atoms with Crippen LogP contribution in [0.1, 0.15) is 13.8 Å². The number of rotatable bonds is 3. The summed E-state index contributed by atoms with van der Waals surface area (Å²) in [6.07, 6.45) is 0. The van der Waals surface area contributed by atoms with Gasteiger partial charge in [0.1, 0.15) is 5.54 Å². The second kappa shape index (κ2) is 3.88. The van der Waals surface area contributed by atoms with Gasteiger partial charge in [-0.2, -0.15) is 0 Å². The van der Waals surface area contributed by atoms with Crippen LogP contribution in [0.3, 0.4) is 0 Å². The number of nitrogens with one attached hydrogen (secondary N) is 1. The van der Waals surface area contributed by atoms with E-state index in [2.05, 4.69) is 5.32 Å². The van der Waals surface area contributed by atoms with Crippen LogP contribution >= 0.6 is 11.6 Å². The van der Waals surface area contributed by atoms with Crippen LogP contribution in [0.5, 0.6) is 0 Å². The van der Waals surface area contributed by atoms with Gasteiger partial charge in [0.25, 0.3) is 0 Å². The molecule has 14 heavy (non-hydrogen) atoms. The van der Waals surface area contributed by atoms with E-state index >= 15 is 0 Å². The predicted molar refractivity (Wildman–Crippen MR) is 58.3 cm³/mol. The van der Waals surface area contributed by atoms with Gasteiger partial charge in [-0.3, -0.25) is 4.79 Å². The summed E-state index contributed by atoms with van der Waals surface area (Å²) in [6.45, 7) is 3.44. The monoisotopic (exact) mass is 212 g/mol. The average Bonchev–Trinajstić information content (AvgIpc) is 2.02. The fraction of sp³-hybridized carbons (Fsp3) is 0.300. The summed E-state index contributed by atoms with van der Waals surface area (Å²) >= 11 is 5.80. The summed E-state index contributed by atoms with van der Waals surface area (Å²) in [4.78, 5) is 11.0. The fourth-order valence-corrected chi connectivity index (χ4v) is 1.18. The number of primary amides is 1. The average molecular weight is 213 g/mol. The third-order valence-electron chi connectivity index (χ3n) is 1.90. The van der Waals surface area contributed by atoms with Gasteiger partial charge in [0.05, 0.1) is 0 Å². The number of carbonyl (C=O) groups is 1. The molecule has 0 aliphatic rings. The van der Waals surface area contributed by atoms with Gasteiger partial charge in [-0.25, -0.2) is 0 Å². The standard InChI is InChI=1S/C10H13ClN2O/c1-10(2,9(12)14)13-8-5-3-4-7(11)6-8/h3-6,13H,1-2H3,(H2,12,14). The summed E-state index contributed by atoms with van der Waals surface area (Å²) in [5.41, 5.74) is 5.23. The van der Waals surface area contributed by atoms with Crippen molar-refractivity contribution in [2.75, 3.05) is 5.32 Å². The number of hydrogen-bond acceptors (Lipinski definition) is 2. The van der Waals surface area contributed by atoms with Crippen LogP contribution in [0.25, 0.3) is 0 Å². The van der Waals surface area contributed by atoms with Gasteiger partial charge in [-0.05, 0) is 32.0 Å². The molecule has 1 aromatic carbocycles. The molecule has 0 aliphatic carbocycles. The van der Waals surface area contributed by atoms with Crippen molar-refractivity contribution in [2.45, 2.75) is 19.4 Å². The first-order valence-corrected chi connectivity index (χ1v) is 4.63. The number of nitrogens with two attached hydrogens (primary N) is 1. The summed E-state index contributed by atoms with van der Waals surface area (Å²) in [5.74, 6) is -0.405. The van der Waals surface area contributed by atoms with Crippen molar-refractivity contribution in [3.05, 3.63) is 29.3 Å². The minimum absolute atomic E-state index is 0.405. The number of benzene rings is 1. The highest BCUT2D eigenvalue weighted by atomic mass is 35.5. The van der Waals surface area contributed by atoms with Crippen molar-refractivity contribution < 1.29 is 4.79 Å². The van der Waals surface area contributed by atoms with Crippen molar-refractivity contribution >= 4 is 23.2 Å². The van der Waals surface area contributed by atoms with Gasteiger partial charge in [0.15, 0.2) is 0 Å². The van der Waals surface area contributed by atoms with Gasteiger partial charge in [0.2, 0.25) is 5.91 Å². The van der Waals surface area contributed by atoms with E-state index in [1.807, 2.05) is 12.1 Å². The topological polar surface area (TPSA) is 55.1 Å². The van der Waals surface area contributed by atoms with Crippen LogP contribution in [0.2, 0.25) is 5.02 Å². The van der Waals surface area contributed by atoms with E-state index in [-0.39, 0.29) is 0 Å². The number of hydrogen-bond donors (Lipinski definition) is 2. The smallest absolute Gasteiger partial charge is 0.242 e. The zero-order valence-corrected chi connectivity index (χ0v) is 8.93. The molecule has 0 saturated carbocycles. The number of carbonyl (C=O) groups excluding carboxylic acids is 1. The summed E-state index contributed by atoms with van der Waals surface area (Å²) < 4.78 is 0. The second-order valence-electron chi connectivity index (χ2n) is 3.62. The first-order chi connectivity index (χ1) is 6.42. The molecule has 76 valence electrons. The number of amides is 1. The van der Waals surface area contributed by atoms with E-state index in [4.69, 9.17) is 17.3 Å². The lowest BCUT2D eigenvalue weighted by Gasteiger charge is -2.23. The molecule has 0 atom stereocenters. The minimum Gasteiger partial charge on any atom is -0.372 e.